The number of carbonyl (C=O) groups excluding carboxylic acids is 1. The predicted octanol–water partition coefficient (Wildman–Crippen LogP) is 4.23. The Kier molecular flexibility index (Phi) is 5.82. The quantitative estimate of drug-likeness (QED) is 0.541. The lowest BCUT2D eigenvalue weighted by Crippen LogP contribution is -2.33. The number of carbonyl (C=O) groups is 1. The fraction of sp³-hybridized carbons (Fsp3) is 0.240. The standard InChI is InChI=1S/C25H20F3N3O4S/c26-16-7-4-8-17(27)22(16)36(33,34)13-14-5-3-6-15(20(14)28)19-21(18-9-12-30-24(29)31-18)35-25(23(19)32)10-1-2-11-25/h3-9,12H,1-2,10-11,13H2,(H2,29,30,31). The van der Waals surface area contributed by atoms with Crippen LogP contribution in [0.25, 0.3) is 11.3 Å². The fourth-order valence-corrected chi connectivity index (χ4v) is 6.27. The smallest absolute Gasteiger partial charge is 0.220 e. The summed E-state index contributed by atoms with van der Waals surface area (Å²) in [6.07, 6.45) is 3.72. The molecule has 1 aliphatic heterocycles. The number of nitrogen functional groups attached to an aromatic ring is 1. The maximum absolute atomic E-state index is 15.8. The number of anilines is 1. The average molecular weight is 516 g/mol. The minimum Gasteiger partial charge on any atom is -0.476 e. The van der Waals surface area contributed by atoms with E-state index in [1.165, 1.54) is 30.5 Å². The van der Waals surface area contributed by atoms with Crippen molar-refractivity contribution < 1.29 is 31.1 Å². The summed E-state index contributed by atoms with van der Waals surface area (Å²) in [5.41, 5.74) is 4.07. The van der Waals surface area contributed by atoms with Gasteiger partial charge in [-0.15, -0.1) is 0 Å². The van der Waals surface area contributed by atoms with Crippen LogP contribution >= 0.6 is 0 Å². The number of ether oxygens (including phenoxy) is 1. The first-order chi connectivity index (χ1) is 17.1. The molecule has 1 aliphatic carbocycles. The van der Waals surface area contributed by atoms with Crippen molar-refractivity contribution in [3.63, 3.8) is 0 Å². The third-order valence-corrected chi connectivity index (χ3v) is 8.11. The molecule has 0 atom stereocenters. The minimum absolute atomic E-state index is 0.0232. The van der Waals surface area contributed by atoms with Crippen molar-refractivity contribution in [2.45, 2.75) is 41.9 Å². The van der Waals surface area contributed by atoms with Gasteiger partial charge in [0.1, 0.15) is 28.0 Å². The summed E-state index contributed by atoms with van der Waals surface area (Å²) in [5.74, 6) is -5.08. The van der Waals surface area contributed by atoms with Crippen LogP contribution in [0.5, 0.6) is 0 Å². The second kappa shape index (κ2) is 8.74. The lowest BCUT2D eigenvalue weighted by Gasteiger charge is -2.22. The molecule has 1 aromatic heterocycles. The fourth-order valence-electron chi connectivity index (χ4n) is 4.77. The van der Waals surface area contributed by atoms with Crippen molar-refractivity contribution >= 4 is 32.9 Å². The van der Waals surface area contributed by atoms with Crippen LogP contribution in [0, 0.1) is 17.5 Å². The normalized spacial score (nSPS) is 17.1. The third kappa shape index (κ3) is 3.93. The molecule has 0 saturated heterocycles. The Morgan fingerprint density at radius 3 is 2.33 bits per heavy atom. The Morgan fingerprint density at radius 2 is 1.67 bits per heavy atom. The zero-order chi connectivity index (χ0) is 25.7. The SMILES string of the molecule is Nc1nccc(C2=C(c3cccc(CS(=O)(=O)c4c(F)cccc4F)c3F)C(=O)C3(CCCC3)O2)n1. The van der Waals surface area contributed by atoms with Crippen molar-refractivity contribution in [3.05, 3.63) is 82.9 Å². The van der Waals surface area contributed by atoms with Crippen molar-refractivity contribution in [3.8, 4) is 0 Å². The van der Waals surface area contributed by atoms with Gasteiger partial charge >= 0.3 is 0 Å². The molecule has 1 spiro atoms. The maximum atomic E-state index is 15.8. The summed E-state index contributed by atoms with van der Waals surface area (Å²) in [6.45, 7) is 0. The zero-order valence-corrected chi connectivity index (χ0v) is 19.6. The maximum Gasteiger partial charge on any atom is 0.220 e. The minimum atomic E-state index is -4.60. The molecule has 36 heavy (non-hydrogen) atoms. The van der Waals surface area contributed by atoms with E-state index in [1.54, 1.807) is 0 Å². The zero-order valence-electron chi connectivity index (χ0n) is 18.8. The highest BCUT2D eigenvalue weighted by Crippen LogP contribution is 2.49. The van der Waals surface area contributed by atoms with Crippen molar-refractivity contribution in [1.29, 1.82) is 0 Å². The van der Waals surface area contributed by atoms with Gasteiger partial charge in [-0.05, 0) is 43.9 Å². The van der Waals surface area contributed by atoms with Gasteiger partial charge in [0.15, 0.2) is 21.2 Å². The number of aromatic nitrogens is 2. The molecule has 0 amide bonds. The van der Waals surface area contributed by atoms with Gasteiger partial charge in [-0.3, -0.25) is 4.79 Å². The van der Waals surface area contributed by atoms with Gasteiger partial charge in [0.25, 0.3) is 0 Å². The van der Waals surface area contributed by atoms with Crippen LogP contribution < -0.4 is 5.73 Å². The largest absolute Gasteiger partial charge is 0.476 e. The molecule has 5 rings (SSSR count). The summed E-state index contributed by atoms with van der Waals surface area (Å²) in [4.78, 5) is 20.4. The number of benzene rings is 2. The van der Waals surface area contributed by atoms with Crippen LogP contribution in [0.3, 0.4) is 0 Å². The van der Waals surface area contributed by atoms with E-state index < -0.39 is 49.3 Å². The number of hydrogen-bond acceptors (Lipinski definition) is 7. The number of Topliss-reactive ketones (excluding diaryl/α,β-unsaturated/α-hetero) is 1. The highest BCUT2D eigenvalue weighted by atomic mass is 32.2. The number of nitrogens with two attached hydrogens (primary N) is 1. The third-order valence-electron chi connectivity index (χ3n) is 6.41. The highest BCUT2D eigenvalue weighted by Gasteiger charge is 2.52. The van der Waals surface area contributed by atoms with E-state index in [0.29, 0.717) is 12.8 Å². The second-order valence-electron chi connectivity index (χ2n) is 8.73. The molecule has 0 radical (unpaired) electrons. The van der Waals surface area contributed by atoms with E-state index >= 15 is 4.39 Å². The van der Waals surface area contributed by atoms with Crippen LogP contribution in [0.2, 0.25) is 0 Å². The van der Waals surface area contributed by atoms with E-state index in [2.05, 4.69) is 9.97 Å². The molecule has 1 saturated carbocycles. The molecule has 2 heterocycles. The topological polar surface area (TPSA) is 112 Å². The first-order valence-electron chi connectivity index (χ1n) is 11.1. The number of hydrogen-bond donors (Lipinski definition) is 1. The van der Waals surface area contributed by atoms with Gasteiger partial charge < -0.3 is 10.5 Å². The van der Waals surface area contributed by atoms with Gasteiger partial charge in [-0.2, -0.15) is 0 Å². The van der Waals surface area contributed by atoms with E-state index in [9.17, 15) is 22.0 Å². The molecule has 186 valence electrons. The highest BCUT2D eigenvalue weighted by molar-refractivity contribution is 7.90. The Balaban J connectivity index is 1.63. The number of ketones is 1. The van der Waals surface area contributed by atoms with Crippen molar-refractivity contribution in [2.75, 3.05) is 5.73 Å². The molecule has 2 aliphatic rings. The van der Waals surface area contributed by atoms with Crippen molar-refractivity contribution in [1.82, 2.24) is 9.97 Å². The van der Waals surface area contributed by atoms with E-state index in [-0.39, 0.29) is 34.1 Å². The second-order valence-corrected chi connectivity index (χ2v) is 10.7. The van der Waals surface area contributed by atoms with Crippen LogP contribution in [0.1, 0.15) is 42.5 Å². The molecule has 3 aromatic rings. The van der Waals surface area contributed by atoms with Gasteiger partial charge in [-0.25, -0.2) is 31.6 Å². The molecular weight excluding hydrogens is 495 g/mol. The predicted molar refractivity (Wildman–Crippen MR) is 124 cm³/mol. The van der Waals surface area contributed by atoms with Gasteiger partial charge in [0, 0.05) is 17.3 Å². The summed E-state index contributed by atoms with van der Waals surface area (Å²) < 4.78 is 76.0. The number of halogens is 3. The van der Waals surface area contributed by atoms with E-state index in [1.807, 2.05) is 0 Å². The van der Waals surface area contributed by atoms with Crippen molar-refractivity contribution in [2.24, 2.45) is 0 Å². The summed E-state index contributed by atoms with van der Waals surface area (Å²) >= 11 is 0. The van der Waals surface area contributed by atoms with E-state index in [4.69, 9.17) is 10.5 Å². The number of rotatable bonds is 5. The van der Waals surface area contributed by atoms with Crippen LogP contribution in [-0.4, -0.2) is 29.8 Å². The van der Waals surface area contributed by atoms with Gasteiger partial charge in [0.05, 0.1) is 11.3 Å². The lowest BCUT2D eigenvalue weighted by molar-refractivity contribution is -0.127. The molecular formula is C25H20F3N3O4S. The Bertz CT molecular complexity index is 1510. The Morgan fingerprint density at radius 1 is 1.00 bits per heavy atom. The van der Waals surface area contributed by atoms with Crippen LogP contribution in [0.4, 0.5) is 19.1 Å². The number of nitrogens with zero attached hydrogens (tertiary/aromatic N) is 2. The molecule has 2 aromatic carbocycles. The molecule has 2 N–H and O–H groups in total. The summed E-state index contributed by atoms with van der Waals surface area (Å²) in [5, 5.41) is 0. The molecule has 7 nitrogen and oxygen atoms in total. The summed E-state index contributed by atoms with van der Waals surface area (Å²) in [6, 6.07) is 8.00. The monoisotopic (exact) mass is 515 g/mol. The number of sulfone groups is 1. The van der Waals surface area contributed by atoms with E-state index in [0.717, 1.165) is 31.0 Å². The Labute approximate surface area is 204 Å². The lowest BCUT2D eigenvalue weighted by atomic mass is 9.88. The molecule has 0 unspecified atom stereocenters. The average Bonchev–Trinajstić information content (AvgIpc) is 3.40. The Hall–Kier alpha value is -3.73. The first-order valence-corrected chi connectivity index (χ1v) is 12.8. The molecule has 11 heteroatoms. The van der Waals surface area contributed by atoms with Crippen LogP contribution in [-0.2, 0) is 25.1 Å². The summed E-state index contributed by atoms with van der Waals surface area (Å²) in [7, 11) is -4.60. The molecule has 1 fully saturated rings. The molecule has 0 bridgehead atoms. The first kappa shape index (κ1) is 24.0. The van der Waals surface area contributed by atoms with Gasteiger partial charge in [0.2, 0.25) is 11.7 Å². The van der Waals surface area contributed by atoms with Gasteiger partial charge in [-0.1, -0.05) is 24.3 Å². The van der Waals surface area contributed by atoms with Crippen LogP contribution in [0.15, 0.2) is 53.6 Å².